The summed E-state index contributed by atoms with van der Waals surface area (Å²) in [5, 5.41) is 4.44. The zero-order valence-electron chi connectivity index (χ0n) is 14.3. The Bertz CT molecular complexity index is 980. The highest BCUT2D eigenvalue weighted by atomic mass is 19.1. The van der Waals surface area contributed by atoms with Gasteiger partial charge >= 0.3 is 0 Å². The van der Waals surface area contributed by atoms with Gasteiger partial charge in [0.2, 0.25) is 0 Å². The SMILES string of the molecule is Cc1ccc(C(N)=O)c(N2Cc3cnn(Cc4ccc(F)cc4)c3C2)n1. The molecule has 6 nitrogen and oxygen atoms in total. The highest BCUT2D eigenvalue weighted by Crippen LogP contribution is 2.29. The second kappa shape index (κ2) is 6.25. The van der Waals surface area contributed by atoms with Gasteiger partial charge in [0.15, 0.2) is 0 Å². The number of fused-ring (bicyclic) bond motifs is 1. The maximum atomic E-state index is 13.1. The zero-order valence-corrected chi connectivity index (χ0v) is 14.3. The van der Waals surface area contributed by atoms with Gasteiger partial charge in [0, 0.05) is 17.8 Å². The molecule has 0 aliphatic carbocycles. The molecule has 0 spiro atoms. The average Bonchev–Trinajstić information content (AvgIpc) is 3.18. The number of pyridine rings is 1. The molecular formula is C19H18FN5O. The standard InChI is InChI=1S/C19H18FN5O/c1-12-2-7-16(18(21)26)19(23-12)24-10-14-8-22-25(17(14)11-24)9-13-3-5-15(20)6-4-13/h2-8H,9-11H2,1H3,(H2,21,26). The van der Waals surface area contributed by atoms with Crippen LogP contribution in [0.5, 0.6) is 0 Å². The number of halogens is 1. The lowest BCUT2D eigenvalue weighted by Crippen LogP contribution is -2.23. The van der Waals surface area contributed by atoms with Crippen LogP contribution in [-0.4, -0.2) is 20.7 Å². The van der Waals surface area contributed by atoms with Crippen LogP contribution in [0.25, 0.3) is 0 Å². The Morgan fingerprint density at radius 2 is 1.96 bits per heavy atom. The molecule has 1 aromatic carbocycles. The molecule has 0 unspecified atom stereocenters. The molecule has 2 N–H and O–H groups in total. The van der Waals surface area contributed by atoms with Gasteiger partial charge in [0.25, 0.3) is 5.91 Å². The molecule has 1 amide bonds. The van der Waals surface area contributed by atoms with Crippen molar-refractivity contribution < 1.29 is 9.18 Å². The second-order valence-corrected chi connectivity index (χ2v) is 6.44. The summed E-state index contributed by atoms with van der Waals surface area (Å²) >= 11 is 0. The Kier molecular flexibility index (Phi) is 3.91. The molecule has 1 aliphatic heterocycles. The summed E-state index contributed by atoms with van der Waals surface area (Å²) in [6, 6.07) is 9.89. The molecule has 0 radical (unpaired) electrons. The third-order valence-corrected chi connectivity index (χ3v) is 4.56. The van der Waals surface area contributed by atoms with Crippen molar-refractivity contribution in [2.75, 3.05) is 4.90 Å². The molecular weight excluding hydrogens is 333 g/mol. The first-order chi connectivity index (χ1) is 12.5. The van der Waals surface area contributed by atoms with Crippen molar-refractivity contribution >= 4 is 11.7 Å². The van der Waals surface area contributed by atoms with Gasteiger partial charge in [-0.3, -0.25) is 9.48 Å². The number of rotatable bonds is 4. The van der Waals surface area contributed by atoms with Crippen LogP contribution in [0.4, 0.5) is 10.2 Å². The number of benzene rings is 1. The van der Waals surface area contributed by atoms with Crippen LogP contribution in [0.2, 0.25) is 0 Å². The first kappa shape index (κ1) is 16.3. The van der Waals surface area contributed by atoms with Gasteiger partial charge in [-0.2, -0.15) is 5.10 Å². The fourth-order valence-corrected chi connectivity index (χ4v) is 3.23. The quantitative estimate of drug-likeness (QED) is 0.783. The average molecular weight is 351 g/mol. The second-order valence-electron chi connectivity index (χ2n) is 6.44. The topological polar surface area (TPSA) is 77.0 Å². The highest BCUT2D eigenvalue weighted by Gasteiger charge is 2.27. The first-order valence-corrected chi connectivity index (χ1v) is 8.31. The third-order valence-electron chi connectivity index (χ3n) is 4.56. The fraction of sp³-hybridized carbons (Fsp3) is 0.211. The molecule has 7 heteroatoms. The molecule has 2 aromatic heterocycles. The molecule has 4 rings (SSSR count). The molecule has 0 saturated heterocycles. The smallest absolute Gasteiger partial charge is 0.252 e. The number of primary amides is 1. The number of aromatic nitrogens is 3. The number of hydrogen-bond acceptors (Lipinski definition) is 4. The zero-order chi connectivity index (χ0) is 18.3. The molecule has 132 valence electrons. The van der Waals surface area contributed by atoms with Gasteiger partial charge in [0.05, 0.1) is 30.5 Å². The van der Waals surface area contributed by atoms with Crippen molar-refractivity contribution in [1.82, 2.24) is 14.8 Å². The summed E-state index contributed by atoms with van der Waals surface area (Å²) in [4.78, 5) is 18.3. The van der Waals surface area contributed by atoms with E-state index in [1.54, 1.807) is 24.3 Å². The molecule has 3 aromatic rings. The maximum Gasteiger partial charge on any atom is 0.252 e. The molecule has 1 aliphatic rings. The lowest BCUT2D eigenvalue weighted by Gasteiger charge is -2.20. The Morgan fingerprint density at radius 3 is 2.69 bits per heavy atom. The first-order valence-electron chi connectivity index (χ1n) is 8.31. The summed E-state index contributed by atoms with van der Waals surface area (Å²) in [6.07, 6.45) is 1.83. The summed E-state index contributed by atoms with van der Waals surface area (Å²) in [7, 11) is 0. The van der Waals surface area contributed by atoms with E-state index in [1.165, 1.54) is 12.1 Å². The largest absolute Gasteiger partial charge is 0.365 e. The number of carbonyl (C=O) groups is 1. The minimum absolute atomic E-state index is 0.255. The van der Waals surface area contributed by atoms with Crippen molar-refractivity contribution in [1.29, 1.82) is 0 Å². The summed E-state index contributed by atoms with van der Waals surface area (Å²) in [5.74, 6) is -0.145. The van der Waals surface area contributed by atoms with E-state index in [0.29, 0.717) is 31.0 Å². The Labute approximate surface area is 150 Å². The predicted octanol–water partition coefficient (Wildman–Crippen LogP) is 2.39. The van der Waals surface area contributed by atoms with Crippen LogP contribution >= 0.6 is 0 Å². The Balaban J connectivity index is 1.61. The van der Waals surface area contributed by atoms with Crippen molar-refractivity contribution in [2.45, 2.75) is 26.6 Å². The predicted molar refractivity (Wildman–Crippen MR) is 95.1 cm³/mol. The van der Waals surface area contributed by atoms with Crippen LogP contribution in [0, 0.1) is 12.7 Å². The number of amides is 1. The van der Waals surface area contributed by atoms with Crippen molar-refractivity contribution in [3.05, 3.63) is 76.5 Å². The van der Waals surface area contributed by atoms with E-state index in [-0.39, 0.29) is 5.82 Å². The number of hydrogen-bond donors (Lipinski definition) is 1. The van der Waals surface area contributed by atoms with Gasteiger partial charge < -0.3 is 10.6 Å². The lowest BCUT2D eigenvalue weighted by atomic mass is 10.2. The summed E-state index contributed by atoms with van der Waals surface area (Å²) < 4.78 is 15.0. The van der Waals surface area contributed by atoms with Crippen molar-refractivity contribution in [2.24, 2.45) is 5.73 Å². The van der Waals surface area contributed by atoms with E-state index in [9.17, 15) is 9.18 Å². The van der Waals surface area contributed by atoms with E-state index >= 15 is 0 Å². The van der Waals surface area contributed by atoms with Gasteiger partial charge in [-0.1, -0.05) is 12.1 Å². The van der Waals surface area contributed by atoms with Crippen LogP contribution in [0.3, 0.4) is 0 Å². The normalized spacial score (nSPS) is 13.1. The van der Waals surface area contributed by atoms with Crippen LogP contribution in [-0.2, 0) is 19.6 Å². The lowest BCUT2D eigenvalue weighted by molar-refractivity contribution is 0.100. The Hall–Kier alpha value is -3.22. The van der Waals surface area contributed by atoms with E-state index in [2.05, 4.69) is 10.1 Å². The minimum Gasteiger partial charge on any atom is -0.365 e. The maximum absolute atomic E-state index is 13.1. The molecule has 26 heavy (non-hydrogen) atoms. The fourth-order valence-electron chi connectivity index (χ4n) is 3.23. The summed E-state index contributed by atoms with van der Waals surface area (Å²) in [6.45, 7) is 3.66. The van der Waals surface area contributed by atoms with Crippen LogP contribution < -0.4 is 10.6 Å². The number of carbonyl (C=O) groups excluding carboxylic acids is 1. The van der Waals surface area contributed by atoms with E-state index in [0.717, 1.165) is 22.5 Å². The highest BCUT2D eigenvalue weighted by molar-refractivity contribution is 5.97. The molecule has 0 bridgehead atoms. The van der Waals surface area contributed by atoms with E-state index < -0.39 is 5.91 Å². The number of anilines is 1. The molecule has 0 saturated carbocycles. The van der Waals surface area contributed by atoms with Gasteiger partial charge in [-0.05, 0) is 36.8 Å². The van der Waals surface area contributed by atoms with Gasteiger partial charge in [-0.15, -0.1) is 0 Å². The van der Waals surface area contributed by atoms with Crippen LogP contribution in [0.1, 0.15) is 32.9 Å². The third kappa shape index (κ3) is 2.92. The number of nitrogens with two attached hydrogens (primary N) is 1. The van der Waals surface area contributed by atoms with Crippen molar-refractivity contribution in [3.8, 4) is 0 Å². The number of nitrogens with zero attached hydrogens (tertiary/aromatic N) is 4. The van der Waals surface area contributed by atoms with Crippen molar-refractivity contribution in [3.63, 3.8) is 0 Å². The van der Waals surface area contributed by atoms with Gasteiger partial charge in [0.1, 0.15) is 11.6 Å². The Morgan fingerprint density at radius 1 is 1.19 bits per heavy atom. The number of aryl methyl sites for hydroxylation is 1. The van der Waals surface area contributed by atoms with E-state index in [4.69, 9.17) is 5.73 Å². The van der Waals surface area contributed by atoms with Crippen LogP contribution in [0.15, 0.2) is 42.6 Å². The van der Waals surface area contributed by atoms with E-state index in [1.807, 2.05) is 22.7 Å². The monoisotopic (exact) mass is 351 g/mol. The molecule has 0 fully saturated rings. The van der Waals surface area contributed by atoms with Gasteiger partial charge in [-0.25, -0.2) is 9.37 Å². The molecule has 0 atom stereocenters. The summed E-state index contributed by atoms with van der Waals surface area (Å²) in [5.41, 5.74) is 9.87. The minimum atomic E-state index is -0.489. The molecule has 3 heterocycles.